The standard InChI is InChI=1S/C21H20O/c1-14-18(15-7-3-2-4-8-15)13-21(22)20-12-17-10-6-5-9-16(17)11-19(14)20/h5-6,9-13,15H,1-4,7-8H2. The third-order valence-corrected chi connectivity index (χ3v) is 5.16. The molecule has 4 rings (SSSR count). The highest BCUT2D eigenvalue weighted by molar-refractivity contribution is 6.15. The van der Waals surface area contributed by atoms with E-state index in [1.54, 1.807) is 0 Å². The minimum absolute atomic E-state index is 0.147. The Kier molecular flexibility index (Phi) is 3.22. The summed E-state index contributed by atoms with van der Waals surface area (Å²) in [5.41, 5.74) is 4.09. The molecule has 22 heavy (non-hydrogen) atoms. The van der Waals surface area contributed by atoms with Crippen LogP contribution < -0.4 is 0 Å². The molecule has 0 aliphatic heterocycles. The zero-order chi connectivity index (χ0) is 15.1. The molecule has 2 aliphatic rings. The smallest absolute Gasteiger partial charge is 0.186 e. The van der Waals surface area contributed by atoms with Crippen molar-refractivity contribution >= 4 is 22.1 Å². The predicted octanol–water partition coefficient (Wildman–Crippen LogP) is 5.56. The van der Waals surface area contributed by atoms with Crippen LogP contribution in [0.3, 0.4) is 0 Å². The summed E-state index contributed by atoms with van der Waals surface area (Å²) < 4.78 is 0. The van der Waals surface area contributed by atoms with E-state index in [1.165, 1.54) is 43.1 Å². The summed E-state index contributed by atoms with van der Waals surface area (Å²) in [6.45, 7) is 4.33. The monoisotopic (exact) mass is 288 g/mol. The van der Waals surface area contributed by atoms with Gasteiger partial charge < -0.3 is 0 Å². The van der Waals surface area contributed by atoms with Gasteiger partial charge in [-0.2, -0.15) is 0 Å². The third-order valence-electron chi connectivity index (χ3n) is 5.16. The first kappa shape index (κ1) is 13.5. The van der Waals surface area contributed by atoms with Crippen molar-refractivity contribution in [3.8, 4) is 0 Å². The molecular weight excluding hydrogens is 268 g/mol. The zero-order valence-electron chi connectivity index (χ0n) is 12.8. The normalized spacial score (nSPS) is 19.2. The molecule has 2 aliphatic carbocycles. The van der Waals surface area contributed by atoms with E-state index in [0.717, 1.165) is 22.1 Å². The molecule has 0 spiro atoms. The molecule has 1 fully saturated rings. The number of allylic oxidation sites excluding steroid dienone is 3. The number of benzene rings is 2. The van der Waals surface area contributed by atoms with Crippen LogP contribution in [0.4, 0.5) is 0 Å². The first-order valence-corrected chi connectivity index (χ1v) is 8.22. The molecule has 110 valence electrons. The summed E-state index contributed by atoms with van der Waals surface area (Å²) >= 11 is 0. The summed E-state index contributed by atoms with van der Waals surface area (Å²) in [6.07, 6.45) is 8.12. The number of hydrogen-bond donors (Lipinski definition) is 0. The topological polar surface area (TPSA) is 17.1 Å². The number of carbonyl (C=O) groups excluding carboxylic acids is 1. The Balaban J connectivity index is 1.82. The molecule has 0 saturated heterocycles. The van der Waals surface area contributed by atoms with E-state index in [-0.39, 0.29) is 5.78 Å². The van der Waals surface area contributed by atoms with Gasteiger partial charge in [-0.05, 0) is 64.5 Å². The third kappa shape index (κ3) is 2.12. The minimum Gasteiger partial charge on any atom is -0.289 e. The lowest BCUT2D eigenvalue weighted by Gasteiger charge is -2.29. The van der Waals surface area contributed by atoms with Crippen LogP contribution in [-0.2, 0) is 0 Å². The average molecular weight is 288 g/mol. The van der Waals surface area contributed by atoms with Crippen LogP contribution in [0.2, 0.25) is 0 Å². The summed E-state index contributed by atoms with van der Waals surface area (Å²) in [7, 11) is 0. The second-order valence-corrected chi connectivity index (χ2v) is 6.52. The second-order valence-electron chi connectivity index (χ2n) is 6.52. The Morgan fingerprint density at radius 1 is 0.909 bits per heavy atom. The maximum Gasteiger partial charge on any atom is 0.186 e. The Morgan fingerprint density at radius 3 is 2.23 bits per heavy atom. The second kappa shape index (κ2) is 5.24. The molecular formula is C21H20O. The van der Waals surface area contributed by atoms with Gasteiger partial charge in [0, 0.05) is 5.56 Å². The van der Waals surface area contributed by atoms with E-state index in [0.29, 0.717) is 5.92 Å². The van der Waals surface area contributed by atoms with Gasteiger partial charge in [0.1, 0.15) is 0 Å². The van der Waals surface area contributed by atoms with Crippen LogP contribution in [0.25, 0.3) is 16.3 Å². The Morgan fingerprint density at radius 2 is 1.55 bits per heavy atom. The lowest BCUT2D eigenvalue weighted by Crippen LogP contribution is -2.16. The van der Waals surface area contributed by atoms with Crippen LogP contribution in [0, 0.1) is 5.92 Å². The van der Waals surface area contributed by atoms with Crippen molar-refractivity contribution in [1.29, 1.82) is 0 Å². The van der Waals surface area contributed by atoms with Gasteiger partial charge in [0.25, 0.3) is 0 Å². The molecule has 0 amide bonds. The zero-order valence-corrected chi connectivity index (χ0v) is 12.8. The van der Waals surface area contributed by atoms with E-state index in [4.69, 9.17) is 0 Å². The van der Waals surface area contributed by atoms with Crippen LogP contribution in [0.1, 0.15) is 48.0 Å². The molecule has 0 atom stereocenters. The average Bonchev–Trinajstić information content (AvgIpc) is 2.57. The fourth-order valence-electron chi connectivity index (χ4n) is 3.93. The van der Waals surface area contributed by atoms with Crippen LogP contribution in [0.5, 0.6) is 0 Å². The summed E-state index contributed by atoms with van der Waals surface area (Å²) in [5, 5.41) is 2.30. The number of hydrogen-bond acceptors (Lipinski definition) is 1. The van der Waals surface area contributed by atoms with Crippen molar-refractivity contribution in [2.75, 3.05) is 0 Å². The lowest BCUT2D eigenvalue weighted by atomic mass is 9.75. The van der Waals surface area contributed by atoms with Crippen molar-refractivity contribution < 1.29 is 4.79 Å². The number of rotatable bonds is 1. The highest BCUT2D eigenvalue weighted by Gasteiger charge is 2.27. The van der Waals surface area contributed by atoms with Gasteiger partial charge in [0.15, 0.2) is 5.78 Å². The first-order valence-electron chi connectivity index (χ1n) is 8.22. The van der Waals surface area contributed by atoms with Crippen molar-refractivity contribution in [1.82, 2.24) is 0 Å². The van der Waals surface area contributed by atoms with Crippen LogP contribution in [-0.4, -0.2) is 5.78 Å². The Labute approximate surface area is 131 Å². The number of ketones is 1. The molecule has 1 saturated carbocycles. The van der Waals surface area contributed by atoms with E-state index < -0.39 is 0 Å². The Hall–Kier alpha value is -2.15. The quantitative estimate of drug-likeness (QED) is 0.671. The number of fused-ring (bicyclic) bond motifs is 2. The maximum atomic E-state index is 12.6. The van der Waals surface area contributed by atoms with Crippen LogP contribution in [0.15, 0.2) is 54.6 Å². The maximum absolute atomic E-state index is 12.6. The van der Waals surface area contributed by atoms with Gasteiger partial charge in [-0.25, -0.2) is 0 Å². The fraction of sp³-hybridized carbons (Fsp3) is 0.286. The van der Waals surface area contributed by atoms with Gasteiger partial charge in [-0.15, -0.1) is 0 Å². The van der Waals surface area contributed by atoms with Crippen molar-refractivity contribution in [2.24, 2.45) is 5.92 Å². The lowest BCUT2D eigenvalue weighted by molar-refractivity contribution is 0.104. The van der Waals surface area contributed by atoms with Gasteiger partial charge >= 0.3 is 0 Å². The van der Waals surface area contributed by atoms with Gasteiger partial charge in [0.05, 0.1) is 0 Å². The molecule has 2 aromatic rings. The fourth-order valence-corrected chi connectivity index (χ4v) is 3.93. The molecule has 0 N–H and O–H groups in total. The first-order chi connectivity index (χ1) is 10.7. The Bertz CT molecular complexity index is 804. The van der Waals surface area contributed by atoms with Crippen LogP contribution >= 0.6 is 0 Å². The molecule has 0 bridgehead atoms. The van der Waals surface area contributed by atoms with Crippen molar-refractivity contribution in [2.45, 2.75) is 32.1 Å². The molecule has 2 aromatic carbocycles. The molecule has 1 nitrogen and oxygen atoms in total. The van der Waals surface area contributed by atoms with E-state index in [1.807, 2.05) is 24.3 Å². The van der Waals surface area contributed by atoms with E-state index in [2.05, 4.69) is 24.8 Å². The van der Waals surface area contributed by atoms with E-state index >= 15 is 0 Å². The summed E-state index contributed by atoms with van der Waals surface area (Å²) in [6, 6.07) is 12.4. The predicted molar refractivity (Wildman–Crippen MR) is 92.0 cm³/mol. The molecule has 0 aromatic heterocycles. The minimum atomic E-state index is 0.147. The van der Waals surface area contributed by atoms with Gasteiger partial charge in [0.2, 0.25) is 0 Å². The molecule has 0 radical (unpaired) electrons. The SMILES string of the molecule is C=C1C(C2CCCCC2)=CC(=O)c2cc3ccccc3cc21. The number of carbonyl (C=O) groups is 1. The molecule has 0 heterocycles. The van der Waals surface area contributed by atoms with Gasteiger partial charge in [-0.3, -0.25) is 4.79 Å². The molecule has 0 unspecified atom stereocenters. The van der Waals surface area contributed by atoms with Gasteiger partial charge in [-0.1, -0.05) is 50.1 Å². The summed E-state index contributed by atoms with van der Waals surface area (Å²) in [5.74, 6) is 0.665. The summed E-state index contributed by atoms with van der Waals surface area (Å²) in [4.78, 5) is 12.6. The highest BCUT2D eigenvalue weighted by atomic mass is 16.1. The van der Waals surface area contributed by atoms with Crippen molar-refractivity contribution in [3.63, 3.8) is 0 Å². The van der Waals surface area contributed by atoms with Crippen molar-refractivity contribution in [3.05, 3.63) is 65.8 Å². The largest absolute Gasteiger partial charge is 0.289 e. The van der Waals surface area contributed by atoms with E-state index in [9.17, 15) is 4.79 Å². The highest BCUT2D eigenvalue weighted by Crippen LogP contribution is 2.41. The molecule has 1 heteroatoms.